The van der Waals surface area contributed by atoms with Crippen molar-refractivity contribution in [2.75, 3.05) is 11.9 Å². The molecule has 3 rings (SSSR count). The summed E-state index contributed by atoms with van der Waals surface area (Å²) in [6.45, 7) is 2.59. The van der Waals surface area contributed by atoms with Crippen LogP contribution in [0.2, 0.25) is 0 Å². The summed E-state index contributed by atoms with van der Waals surface area (Å²) in [7, 11) is 0. The number of benzene rings is 1. The Morgan fingerprint density at radius 2 is 2.19 bits per heavy atom. The standard InChI is InChI=1S/C14H12F2N4O/c1-2-17-11-8-20-7-6-18-13(20)14(19-11)21-10-5-3-4-9(15)12(10)16/h3-8,17H,2H2,1H3. The van der Waals surface area contributed by atoms with Gasteiger partial charge in [0.1, 0.15) is 5.82 Å². The number of hydrogen-bond donors (Lipinski definition) is 1. The van der Waals surface area contributed by atoms with E-state index in [2.05, 4.69) is 15.3 Å². The van der Waals surface area contributed by atoms with Crippen molar-refractivity contribution >= 4 is 11.5 Å². The van der Waals surface area contributed by atoms with Gasteiger partial charge >= 0.3 is 0 Å². The maximum absolute atomic E-state index is 13.7. The highest BCUT2D eigenvalue weighted by Crippen LogP contribution is 2.28. The van der Waals surface area contributed by atoms with Crippen molar-refractivity contribution in [3.05, 3.63) is 48.4 Å². The lowest BCUT2D eigenvalue weighted by Gasteiger charge is -2.10. The van der Waals surface area contributed by atoms with Crippen molar-refractivity contribution < 1.29 is 13.5 Å². The molecule has 0 saturated heterocycles. The van der Waals surface area contributed by atoms with Gasteiger partial charge in [-0.25, -0.2) is 9.37 Å². The van der Waals surface area contributed by atoms with Crippen LogP contribution in [-0.2, 0) is 0 Å². The van der Waals surface area contributed by atoms with E-state index in [4.69, 9.17) is 4.74 Å². The fourth-order valence-electron chi connectivity index (χ4n) is 1.90. The zero-order valence-electron chi connectivity index (χ0n) is 11.2. The Bertz CT molecular complexity index is 788. The summed E-state index contributed by atoms with van der Waals surface area (Å²) in [5.74, 6) is -1.62. The molecule has 0 aliphatic heterocycles. The van der Waals surface area contributed by atoms with Gasteiger partial charge in [0.2, 0.25) is 11.5 Å². The van der Waals surface area contributed by atoms with E-state index in [0.717, 1.165) is 6.07 Å². The van der Waals surface area contributed by atoms with Gasteiger partial charge in [0.05, 0.1) is 6.20 Å². The molecule has 0 radical (unpaired) electrons. The van der Waals surface area contributed by atoms with Crippen LogP contribution in [0.1, 0.15) is 6.92 Å². The number of hydrogen-bond acceptors (Lipinski definition) is 4. The van der Waals surface area contributed by atoms with E-state index >= 15 is 0 Å². The molecule has 108 valence electrons. The third-order valence-electron chi connectivity index (χ3n) is 2.82. The lowest BCUT2D eigenvalue weighted by molar-refractivity contribution is 0.407. The average molecular weight is 290 g/mol. The maximum atomic E-state index is 13.7. The van der Waals surface area contributed by atoms with Crippen molar-refractivity contribution in [1.29, 1.82) is 0 Å². The van der Waals surface area contributed by atoms with Crippen LogP contribution >= 0.6 is 0 Å². The minimum absolute atomic E-state index is 0.1000. The summed E-state index contributed by atoms with van der Waals surface area (Å²) in [6, 6.07) is 3.72. The summed E-state index contributed by atoms with van der Waals surface area (Å²) in [4.78, 5) is 8.32. The normalized spacial score (nSPS) is 10.8. The van der Waals surface area contributed by atoms with Crippen LogP contribution in [0, 0.1) is 11.6 Å². The molecule has 7 heteroatoms. The highest BCUT2D eigenvalue weighted by atomic mass is 19.2. The van der Waals surface area contributed by atoms with Crippen LogP contribution in [0.25, 0.3) is 5.65 Å². The fourth-order valence-corrected chi connectivity index (χ4v) is 1.90. The monoisotopic (exact) mass is 290 g/mol. The minimum atomic E-state index is -1.06. The summed E-state index contributed by atoms with van der Waals surface area (Å²) in [6.07, 6.45) is 5.02. The van der Waals surface area contributed by atoms with Gasteiger partial charge in [-0.2, -0.15) is 9.37 Å². The molecule has 0 amide bonds. The first-order valence-corrected chi connectivity index (χ1v) is 6.38. The molecule has 1 N–H and O–H groups in total. The number of nitrogens with one attached hydrogen (secondary N) is 1. The lowest BCUT2D eigenvalue weighted by Crippen LogP contribution is -2.03. The van der Waals surface area contributed by atoms with Gasteiger partial charge in [-0.05, 0) is 19.1 Å². The molecule has 1 aromatic carbocycles. The summed E-state index contributed by atoms with van der Waals surface area (Å²) < 4.78 is 34.0. The molecule has 0 unspecified atom stereocenters. The summed E-state index contributed by atoms with van der Waals surface area (Å²) >= 11 is 0. The van der Waals surface area contributed by atoms with Crippen LogP contribution in [0.3, 0.4) is 0 Å². The Hall–Kier alpha value is -2.70. The van der Waals surface area contributed by atoms with Gasteiger partial charge < -0.3 is 10.1 Å². The van der Waals surface area contributed by atoms with Crippen LogP contribution in [0.15, 0.2) is 36.8 Å². The second-order valence-electron chi connectivity index (χ2n) is 4.27. The van der Waals surface area contributed by atoms with Gasteiger partial charge in [0, 0.05) is 18.9 Å². The number of aromatic nitrogens is 3. The van der Waals surface area contributed by atoms with Crippen molar-refractivity contribution in [2.45, 2.75) is 6.92 Å². The SMILES string of the molecule is CCNc1cn2ccnc2c(Oc2cccc(F)c2F)n1. The van der Waals surface area contributed by atoms with Crippen LogP contribution in [-0.4, -0.2) is 20.9 Å². The van der Waals surface area contributed by atoms with E-state index in [-0.39, 0.29) is 11.6 Å². The first kappa shape index (κ1) is 13.3. The van der Waals surface area contributed by atoms with E-state index in [0.29, 0.717) is 18.0 Å². The molecule has 21 heavy (non-hydrogen) atoms. The highest BCUT2D eigenvalue weighted by Gasteiger charge is 2.14. The molecule has 2 aromatic heterocycles. The molecule has 3 aromatic rings. The lowest BCUT2D eigenvalue weighted by atomic mass is 10.3. The molecule has 2 heterocycles. The van der Waals surface area contributed by atoms with E-state index < -0.39 is 11.6 Å². The van der Waals surface area contributed by atoms with Crippen molar-refractivity contribution in [1.82, 2.24) is 14.4 Å². The maximum Gasteiger partial charge on any atom is 0.265 e. The summed E-state index contributed by atoms with van der Waals surface area (Å²) in [5, 5.41) is 3.03. The number of fused-ring (bicyclic) bond motifs is 1. The first-order valence-electron chi connectivity index (χ1n) is 6.38. The number of nitrogens with zero attached hydrogens (tertiary/aromatic N) is 3. The van der Waals surface area contributed by atoms with Gasteiger partial charge in [-0.3, -0.25) is 4.40 Å². The van der Waals surface area contributed by atoms with Gasteiger partial charge in [0.25, 0.3) is 5.88 Å². The first-order chi connectivity index (χ1) is 10.2. The number of ether oxygens (including phenoxy) is 1. The molecule has 0 aliphatic carbocycles. The Morgan fingerprint density at radius 1 is 1.33 bits per heavy atom. The smallest absolute Gasteiger partial charge is 0.265 e. The number of halogens is 2. The van der Waals surface area contributed by atoms with Crippen LogP contribution in [0.4, 0.5) is 14.6 Å². The fraction of sp³-hybridized carbons (Fsp3) is 0.143. The Labute approximate surface area is 119 Å². The second kappa shape index (κ2) is 5.35. The molecule has 0 fully saturated rings. The molecule has 0 saturated carbocycles. The number of anilines is 1. The molecule has 0 bridgehead atoms. The zero-order chi connectivity index (χ0) is 14.8. The number of rotatable bonds is 4. The molecule has 5 nitrogen and oxygen atoms in total. The predicted molar refractivity (Wildman–Crippen MR) is 73.6 cm³/mol. The highest BCUT2D eigenvalue weighted by molar-refractivity contribution is 5.55. The van der Waals surface area contributed by atoms with Crippen molar-refractivity contribution in [3.63, 3.8) is 0 Å². The quantitative estimate of drug-likeness (QED) is 0.801. The molecular formula is C14H12F2N4O. The Kier molecular flexibility index (Phi) is 3.39. The molecule has 0 atom stereocenters. The third kappa shape index (κ3) is 2.49. The molecular weight excluding hydrogens is 278 g/mol. The van der Waals surface area contributed by atoms with Gasteiger partial charge in [-0.1, -0.05) is 6.07 Å². The van der Waals surface area contributed by atoms with Crippen LogP contribution in [0.5, 0.6) is 11.6 Å². The topological polar surface area (TPSA) is 51.5 Å². The van der Waals surface area contributed by atoms with E-state index in [1.54, 1.807) is 23.0 Å². The van der Waals surface area contributed by atoms with Crippen molar-refractivity contribution in [2.24, 2.45) is 0 Å². The van der Waals surface area contributed by atoms with Gasteiger partial charge in [0.15, 0.2) is 11.6 Å². The van der Waals surface area contributed by atoms with Gasteiger partial charge in [-0.15, -0.1) is 0 Å². The van der Waals surface area contributed by atoms with E-state index in [1.807, 2.05) is 6.92 Å². The largest absolute Gasteiger partial charge is 0.433 e. The van der Waals surface area contributed by atoms with E-state index in [1.165, 1.54) is 12.1 Å². The molecule has 0 aliphatic rings. The average Bonchev–Trinajstić information content (AvgIpc) is 2.93. The second-order valence-corrected chi connectivity index (χ2v) is 4.27. The van der Waals surface area contributed by atoms with E-state index in [9.17, 15) is 8.78 Å². The molecule has 0 spiro atoms. The van der Waals surface area contributed by atoms with Crippen LogP contribution < -0.4 is 10.1 Å². The third-order valence-corrected chi connectivity index (χ3v) is 2.82. The Morgan fingerprint density at radius 3 is 3.00 bits per heavy atom. The predicted octanol–water partition coefficient (Wildman–Crippen LogP) is 3.23. The minimum Gasteiger partial charge on any atom is -0.433 e. The zero-order valence-corrected chi connectivity index (χ0v) is 11.2. The van der Waals surface area contributed by atoms with Crippen molar-refractivity contribution in [3.8, 4) is 11.6 Å². The summed E-state index contributed by atoms with van der Waals surface area (Å²) in [5.41, 5.74) is 0.417. The number of imidazole rings is 1. The Balaban J connectivity index is 2.06.